The summed E-state index contributed by atoms with van der Waals surface area (Å²) in [4.78, 5) is 34.9. The molecule has 2 aromatic heterocycles. The maximum absolute atomic E-state index is 13.6. The Bertz CT molecular complexity index is 1580. The van der Waals surface area contributed by atoms with Crippen molar-refractivity contribution in [3.05, 3.63) is 110 Å². The van der Waals surface area contributed by atoms with Crippen LogP contribution in [0.4, 0.5) is 19.1 Å². The van der Waals surface area contributed by atoms with Crippen LogP contribution in [0.15, 0.2) is 70.4 Å². The summed E-state index contributed by atoms with van der Waals surface area (Å²) in [7, 11) is 1.52. The van der Waals surface area contributed by atoms with Crippen molar-refractivity contribution in [1.29, 1.82) is 0 Å². The molecule has 0 unspecified atom stereocenters. The lowest BCUT2D eigenvalue weighted by molar-refractivity contribution is -0.274. The van der Waals surface area contributed by atoms with Crippen LogP contribution >= 0.6 is 0 Å². The lowest BCUT2D eigenvalue weighted by atomic mass is 10.1. The fourth-order valence-electron chi connectivity index (χ4n) is 3.96. The third-order valence-corrected chi connectivity index (χ3v) is 5.92. The van der Waals surface area contributed by atoms with Gasteiger partial charge in [0, 0.05) is 18.4 Å². The van der Waals surface area contributed by atoms with Gasteiger partial charge in [-0.15, -0.1) is 13.2 Å². The Balaban J connectivity index is 1.72. The fourth-order valence-corrected chi connectivity index (χ4v) is 3.96. The first kappa shape index (κ1) is 27.4. The number of hydrogen-bond acceptors (Lipinski definition) is 7. The topological polar surface area (TPSA) is 100 Å². The van der Waals surface area contributed by atoms with Gasteiger partial charge in [0.25, 0.3) is 0 Å². The molecule has 0 atom stereocenters. The molecule has 2 heterocycles. The van der Waals surface area contributed by atoms with E-state index in [4.69, 9.17) is 4.74 Å². The lowest BCUT2D eigenvalue weighted by Gasteiger charge is -2.17. The number of rotatable bonds is 9. The van der Waals surface area contributed by atoms with Crippen molar-refractivity contribution in [1.82, 2.24) is 19.1 Å². The van der Waals surface area contributed by atoms with E-state index in [0.29, 0.717) is 16.9 Å². The molecule has 0 saturated carbocycles. The summed E-state index contributed by atoms with van der Waals surface area (Å²) in [6.45, 7) is 3.75. The van der Waals surface area contributed by atoms with Crippen LogP contribution < -0.4 is 26.2 Å². The number of ether oxygens (including phenoxy) is 2. The zero-order valence-electron chi connectivity index (χ0n) is 21.5. The smallest absolute Gasteiger partial charge is 0.497 e. The third kappa shape index (κ3) is 7.03. The van der Waals surface area contributed by atoms with Crippen LogP contribution in [-0.2, 0) is 19.6 Å². The minimum atomic E-state index is -4.87. The van der Waals surface area contributed by atoms with Crippen molar-refractivity contribution in [3.63, 3.8) is 0 Å². The second kappa shape index (κ2) is 11.4. The number of anilines is 1. The quantitative estimate of drug-likeness (QED) is 0.342. The Morgan fingerprint density at radius 1 is 0.923 bits per heavy atom. The molecule has 4 aromatic rings. The summed E-state index contributed by atoms with van der Waals surface area (Å²) in [5.74, 6) is 0.157. The maximum atomic E-state index is 13.6. The Morgan fingerprint density at radius 3 is 2.31 bits per heavy atom. The van der Waals surface area contributed by atoms with Crippen LogP contribution in [0.25, 0.3) is 0 Å². The molecule has 9 nitrogen and oxygen atoms in total. The van der Waals surface area contributed by atoms with Gasteiger partial charge in [0.1, 0.15) is 11.5 Å². The van der Waals surface area contributed by atoms with Gasteiger partial charge in [-0.05, 0) is 66.4 Å². The molecule has 12 heteroatoms. The number of halogens is 3. The molecule has 4 rings (SSSR count). The SMILES string of the molecule is COc1ccc(Cn2c(=O)nc(NCc3cnc(C)cc3C)n(Cc3cccc(OC(F)(F)F)c3)c2=O)cc1. The van der Waals surface area contributed by atoms with Crippen molar-refractivity contribution in [2.24, 2.45) is 0 Å². The second-order valence-corrected chi connectivity index (χ2v) is 8.82. The Morgan fingerprint density at radius 2 is 1.64 bits per heavy atom. The number of hydrogen-bond donors (Lipinski definition) is 1. The van der Waals surface area contributed by atoms with Gasteiger partial charge in [0.05, 0.1) is 20.2 Å². The number of aromatic nitrogens is 4. The third-order valence-electron chi connectivity index (χ3n) is 5.92. The summed E-state index contributed by atoms with van der Waals surface area (Å²) < 4.78 is 49.6. The molecule has 0 spiro atoms. The van der Waals surface area contributed by atoms with Gasteiger partial charge in [0.2, 0.25) is 5.95 Å². The van der Waals surface area contributed by atoms with Crippen LogP contribution in [0, 0.1) is 13.8 Å². The van der Waals surface area contributed by atoms with E-state index in [0.717, 1.165) is 27.5 Å². The number of nitrogens with one attached hydrogen (secondary N) is 1. The molecular weight excluding hydrogens is 515 g/mol. The molecule has 0 aliphatic carbocycles. The summed E-state index contributed by atoms with van der Waals surface area (Å²) in [5, 5.41) is 3.02. The average molecular weight is 542 g/mol. The number of methoxy groups -OCH3 is 1. The summed E-state index contributed by atoms with van der Waals surface area (Å²) in [5.41, 5.74) is 2.15. The zero-order valence-corrected chi connectivity index (χ0v) is 21.5. The monoisotopic (exact) mass is 541 g/mol. The van der Waals surface area contributed by atoms with Crippen LogP contribution in [0.5, 0.6) is 11.5 Å². The fraction of sp³-hybridized carbons (Fsp3) is 0.259. The number of alkyl halides is 3. The first-order chi connectivity index (χ1) is 18.5. The van der Waals surface area contributed by atoms with Gasteiger partial charge < -0.3 is 14.8 Å². The highest BCUT2D eigenvalue weighted by atomic mass is 19.4. The van der Waals surface area contributed by atoms with Crippen molar-refractivity contribution in [2.45, 2.75) is 39.8 Å². The molecule has 39 heavy (non-hydrogen) atoms. The number of benzene rings is 2. The molecule has 0 bridgehead atoms. The van der Waals surface area contributed by atoms with E-state index in [1.165, 1.54) is 23.8 Å². The maximum Gasteiger partial charge on any atom is 0.573 e. The molecular formula is C27H26F3N5O4. The minimum absolute atomic E-state index is 0.0295. The van der Waals surface area contributed by atoms with Gasteiger partial charge in [-0.2, -0.15) is 4.98 Å². The summed E-state index contributed by atoms with van der Waals surface area (Å²) in [6.07, 6.45) is -3.18. The van der Waals surface area contributed by atoms with Gasteiger partial charge in [-0.25, -0.2) is 14.2 Å². The van der Waals surface area contributed by atoms with E-state index >= 15 is 0 Å². The molecule has 1 N–H and O–H groups in total. The highest BCUT2D eigenvalue weighted by Crippen LogP contribution is 2.24. The first-order valence-electron chi connectivity index (χ1n) is 11.9. The van der Waals surface area contributed by atoms with Gasteiger partial charge in [-0.3, -0.25) is 9.55 Å². The highest BCUT2D eigenvalue weighted by molar-refractivity contribution is 5.34. The zero-order chi connectivity index (χ0) is 28.2. The Hall–Kier alpha value is -4.61. The van der Waals surface area contributed by atoms with Crippen LogP contribution in [0.3, 0.4) is 0 Å². The largest absolute Gasteiger partial charge is 0.573 e. The minimum Gasteiger partial charge on any atom is -0.497 e. The van der Waals surface area contributed by atoms with Crippen molar-refractivity contribution in [2.75, 3.05) is 12.4 Å². The van der Waals surface area contributed by atoms with E-state index in [1.807, 2.05) is 19.9 Å². The van der Waals surface area contributed by atoms with E-state index in [1.54, 1.807) is 36.5 Å². The Labute approximate surface area is 221 Å². The van der Waals surface area contributed by atoms with E-state index in [-0.39, 0.29) is 25.6 Å². The van der Waals surface area contributed by atoms with Gasteiger partial charge >= 0.3 is 17.7 Å². The van der Waals surface area contributed by atoms with Gasteiger partial charge in [0.15, 0.2) is 0 Å². The molecule has 0 saturated heterocycles. The molecule has 2 aromatic carbocycles. The van der Waals surface area contributed by atoms with E-state index < -0.39 is 23.5 Å². The van der Waals surface area contributed by atoms with E-state index in [9.17, 15) is 22.8 Å². The highest BCUT2D eigenvalue weighted by Gasteiger charge is 2.31. The van der Waals surface area contributed by atoms with Crippen LogP contribution in [0.1, 0.15) is 27.9 Å². The van der Waals surface area contributed by atoms with Gasteiger partial charge in [-0.1, -0.05) is 24.3 Å². The van der Waals surface area contributed by atoms with Crippen molar-refractivity contribution in [3.8, 4) is 11.5 Å². The van der Waals surface area contributed by atoms with Crippen molar-refractivity contribution >= 4 is 5.95 Å². The predicted octanol–water partition coefficient (Wildman–Crippen LogP) is 4.03. The Kier molecular flexibility index (Phi) is 8.03. The molecule has 0 aliphatic heterocycles. The molecule has 0 aliphatic rings. The lowest BCUT2D eigenvalue weighted by Crippen LogP contribution is -2.43. The van der Waals surface area contributed by atoms with Crippen molar-refractivity contribution < 1.29 is 22.6 Å². The normalized spacial score (nSPS) is 11.3. The summed E-state index contributed by atoms with van der Waals surface area (Å²) in [6, 6.07) is 14.0. The number of aryl methyl sites for hydroxylation is 2. The number of pyridine rings is 1. The first-order valence-corrected chi connectivity index (χ1v) is 11.9. The van der Waals surface area contributed by atoms with E-state index in [2.05, 4.69) is 20.0 Å². The molecule has 204 valence electrons. The van der Waals surface area contributed by atoms with Crippen LogP contribution in [0.2, 0.25) is 0 Å². The molecule has 0 fully saturated rings. The second-order valence-electron chi connectivity index (χ2n) is 8.82. The summed E-state index contributed by atoms with van der Waals surface area (Å²) >= 11 is 0. The molecule has 0 radical (unpaired) electrons. The number of nitrogens with zero attached hydrogens (tertiary/aromatic N) is 4. The average Bonchev–Trinajstić information content (AvgIpc) is 2.87. The van der Waals surface area contributed by atoms with Crippen LogP contribution in [-0.4, -0.2) is 32.6 Å². The predicted molar refractivity (Wildman–Crippen MR) is 138 cm³/mol. The molecule has 0 amide bonds. The standard InChI is InChI=1S/C27H26F3N5O4/c1-17-11-18(2)31-13-21(17)14-32-24-33-25(36)35(15-19-7-9-22(38-3)10-8-19)26(37)34(24)16-20-5-4-6-23(12-20)39-27(28,29)30/h4-13H,14-16H2,1-3H3,(H,32,33,36).